The summed E-state index contributed by atoms with van der Waals surface area (Å²) in [5.41, 5.74) is 0.814. The molecule has 0 unspecified atom stereocenters. The van der Waals surface area contributed by atoms with E-state index in [1.165, 1.54) is 25.1 Å². The zero-order valence-electron chi connectivity index (χ0n) is 8.04. The lowest BCUT2D eigenvalue weighted by Crippen LogP contribution is -2.06. The van der Waals surface area contributed by atoms with Crippen LogP contribution in [-0.2, 0) is 4.79 Å². The van der Waals surface area contributed by atoms with Crippen molar-refractivity contribution in [1.82, 2.24) is 0 Å². The Balaban J connectivity index is 3.25. The molecule has 0 saturated carbocycles. The van der Waals surface area contributed by atoms with Crippen molar-refractivity contribution in [2.45, 2.75) is 19.8 Å². The molecule has 1 aromatic carbocycles. The van der Waals surface area contributed by atoms with Gasteiger partial charge in [0.25, 0.3) is 0 Å². The van der Waals surface area contributed by atoms with E-state index in [4.69, 9.17) is 5.26 Å². The van der Waals surface area contributed by atoms with Crippen LogP contribution in [0.5, 0.6) is 0 Å². The Kier molecular flexibility index (Phi) is 2.98. The van der Waals surface area contributed by atoms with Crippen LogP contribution in [0.2, 0.25) is 0 Å². The Labute approximate surface area is 82.0 Å². The molecular formula is C11H10FNO. The zero-order valence-corrected chi connectivity index (χ0v) is 8.04. The van der Waals surface area contributed by atoms with Gasteiger partial charge in [-0.05, 0) is 30.7 Å². The predicted molar refractivity (Wildman–Crippen MR) is 50.2 cm³/mol. The number of ketones is 1. The topological polar surface area (TPSA) is 40.9 Å². The molecule has 72 valence electrons. The van der Waals surface area contributed by atoms with Gasteiger partial charge in [-0.25, -0.2) is 4.39 Å². The van der Waals surface area contributed by atoms with Crippen molar-refractivity contribution in [3.8, 4) is 6.07 Å². The van der Waals surface area contributed by atoms with E-state index < -0.39 is 11.7 Å². The molecule has 0 aromatic heterocycles. The third-order valence-corrected chi connectivity index (χ3v) is 2.21. The molecule has 1 aromatic rings. The number of nitrogens with zero attached hydrogens (tertiary/aromatic N) is 1. The summed E-state index contributed by atoms with van der Waals surface area (Å²) in [5, 5.41) is 8.76. The van der Waals surface area contributed by atoms with Crippen LogP contribution in [0.1, 0.15) is 30.9 Å². The third-order valence-electron chi connectivity index (χ3n) is 2.21. The Hall–Kier alpha value is -1.69. The van der Waals surface area contributed by atoms with Crippen LogP contribution in [0.15, 0.2) is 18.2 Å². The number of carbonyl (C=O) groups excluding carboxylic acids is 1. The summed E-state index contributed by atoms with van der Waals surface area (Å²) in [7, 11) is 0. The summed E-state index contributed by atoms with van der Waals surface area (Å²) < 4.78 is 12.9. The summed E-state index contributed by atoms with van der Waals surface area (Å²) in [6, 6.07) is 5.79. The van der Waals surface area contributed by atoms with Crippen LogP contribution >= 0.6 is 0 Å². The number of Topliss-reactive ketones (excluding diaryl/α,β-unsaturated/α-hetero) is 1. The molecule has 0 fully saturated rings. The minimum atomic E-state index is -0.430. The summed E-state index contributed by atoms with van der Waals surface area (Å²) in [5.74, 6) is -0.931. The average Bonchev–Trinajstić information content (AvgIpc) is 2.16. The fraction of sp³-hybridized carbons (Fsp3) is 0.273. The minimum Gasteiger partial charge on any atom is -0.299 e. The largest absolute Gasteiger partial charge is 0.299 e. The summed E-state index contributed by atoms with van der Waals surface area (Å²) in [4.78, 5) is 11.1. The molecule has 14 heavy (non-hydrogen) atoms. The number of halogens is 1. The second-order valence-corrected chi connectivity index (χ2v) is 3.18. The Morgan fingerprint density at radius 1 is 1.57 bits per heavy atom. The number of rotatable bonds is 2. The highest BCUT2D eigenvalue weighted by atomic mass is 19.1. The van der Waals surface area contributed by atoms with E-state index in [-0.39, 0.29) is 5.78 Å². The standard InChI is InChI=1S/C11H10FNO/c1-7(8(2)14)11-5-10(12)4-3-9(11)6-13/h3-5,7H,1-2H3/t7-/m0/s1. The zero-order chi connectivity index (χ0) is 10.7. The van der Waals surface area contributed by atoms with Crippen molar-refractivity contribution < 1.29 is 9.18 Å². The fourth-order valence-electron chi connectivity index (χ4n) is 1.21. The van der Waals surface area contributed by atoms with Gasteiger partial charge in [-0.15, -0.1) is 0 Å². The monoisotopic (exact) mass is 191 g/mol. The molecule has 0 bridgehead atoms. The minimum absolute atomic E-state index is 0.0768. The predicted octanol–water partition coefficient (Wildman–Crippen LogP) is 2.39. The molecule has 0 aliphatic rings. The lowest BCUT2D eigenvalue weighted by Gasteiger charge is -2.09. The smallest absolute Gasteiger partial charge is 0.137 e. The van der Waals surface area contributed by atoms with Gasteiger partial charge >= 0.3 is 0 Å². The van der Waals surface area contributed by atoms with Gasteiger partial charge in [0.15, 0.2) is 0 Å². The molecule has 0 aliphatic carbocycles. The van der Waals surface area contributed by atoms with E-state index in [2.05, 4.69) is 0 Å². The summed E-state index contributed by atoms with van der Waals surface area (Å²) >= 11 is 0. The van der Waals surface area contributed by atoms with Gasteiger partial charge in [-0.3, -0.25) is 4.79 Å². The first-order valence-electron chi connectivity index (χ1n) is 4.26. The maximum Gasteiger partial charge on any atom is 0.137 e. The van der Waals surface area contributed by atoms with Gasteiger partial charge in [0.05, 0.1) is 11.6 Å². The number of nitriles is 1. The van der Waals surface area contributed by atoms with Crippen molar-refractivity contribution >= 4 is 5.78 Å². The number of hydrogen-bond donors (Lipinski definition) is 0. The first-order chi connectivity index (χ1) is 6.56. The highest BCUT2D eigenvalue weighted by molar-refractivity contribution is 5.83. The normalized spacial score (nSPS) is 11.9. The fourth-order valence-corrected chi connectivity index (χ4v) is 1.21. The maximum absolute atomic E-state index is 12.9. The van der Waals surface area contributed by atoms with Crippen molar-refractivity contribution in [2.75, 3.05) is 0 Å². The van der Waals surface area contributed by atoms with Crippen molar-refractivity contribution in [3.63, 3.8) is 0 Å². The van der Waals surface area contributed by atoms with Crippen molar-refractivity contribution in [3.05, 3.63) is 35.1 Å². The molecule has 3 heteroatoms. The molecule has 0 heterocycles. The number of benzene rings is 1. The molecule has 0 aliphatic heterocycles. The van der Waals surface area contributed by atoms with Gasteiger partial charge < -0.3 is 0 Å². The molecule has 0 amide bonds. The van der Waals surface area contributed by atoms with E-state index in [1.54, 1.807) is 6.92 Å². The first kappa shape index (κ1) is 10.4. The Bertz CT molecular complexity index is 406. The van der Waals surface area contributed by atoms with Crippen LogP contribution < -0.4 is 0 Å². The first-order valence-corrected chi connectivity index (χ1v) is 4.26. The van der Waals surface area contributed by atoms with Crippen LogP contribution in [0.4, 0.5) is 4.39 Å². The molecule has 0 N–H and O–H groups in total. The molecule has 1 atom stereocenters. The number of hydrogen-bond acceptors (Lipinski definition) is 2. The number of carbonyl (C=O) groups is 1. The van der Waals surface area contributed by atoms with Crippen LogP contribution in [0, 0.1) is 17.1 Å². The van der Waals surface area contributed by atoms with Crippen molar-refractivity contribution in [1.29, 1.82) is 5.26 Å². The molecule has 1 rings (SSSR count). The Morgan fingerprint density at radius 2 is 2.21 bits per heavy atom. The third kappa shape index (κ3) is 1.97. The van der Waals surface area contributed by atoms with Crippen LogP contribution in [0.25, 0.3) is 0 Å². The molecule has 0 radical (unpaired) electrons. The summed E-state index contributed by atoms with van der Waals surface area (Å²) in [6.45, 7) is 3.09. The van der Waals surface area contributed by atoms with E-state index in [0.29, 0.717) is 11.1 Å². The Morgan fingerprint density at radius 3 is 2.71 bits per heavy atom. The van der Waals surface area contributed by atoms with Gasteiger partial charge in [-0.1, -0.05) is 6.92 Å². The van der Waals surface area contributed by atoms with Gasteiger partial charge in [0.2, 0.25) is 0 Å². The second-order valence-electron chi connectivity index (χ2n) is 3.18. The van der Waals surface area contributed by atoms with E-state index in [0.717, 1.165) is 0 Å². The molecule has 2 nitrogen and oxygen atoms in total. The van der Waals surface area contributed by atoms with Crippen molar-refractivity contribution in [2.24, 2.45) is 0 Å². The quantitative estimate of drug-likeness (QED) is 0.720. The van der Waals surface area contributed by atoms with Gasteiger partial charge in [0.1, 0.15) is 11.6 Å². The lowest BCUT2D eigenvalue weighted by atomic mass is 9.93. The van der Waals surface area contributed by atoms with Gasteiger partial charge in [0, 0.05) is 5.92 Å². The van der Waals surface area contributed by atoms with Crippen LogP contribution in [0.3, 0.4) is 0 Å². The molecule has 0 saturated heterocycles. The maximum atomic E-state index is 12.9. The van der Waals surface area contributed by atoms with Gasteiger partial charge in [-0.2, -0.15) is 5.26 Å². The highest BCUT2D eigenvalue weighted by Gasteiger charge is 2.15. The van der Waals surface area contributed by atoms with E-state index >= 15 is 0 Å². The SMILES string of the molecule is CC(=O)[C@H](C)c1cc(F)ccc1C#N. The average molecular weight is 191 g/mol. The molecular weight excluding hydrogens is 181 g/mol. The lowest BCUT2D eigenvalue weighted by molar-refractivity contribution is -0.118. The van der Waals surface area contributed by atoms with E-state index in [9.17, 15) is 9.18 Å². The van der Waals surface area contributed by atoms with Crippen LogP contribution in [-0.4, -0.2) is 5.78 Å². The van der Waals surface area contributed by atoms with E-state index in [1.807, 2.05) is 6.07 Å². The second kappa shape index (κ2) is 4.01. The highest BCUT2D eigenvalue weighted by Crippen LogP contribution is 2.21. The molecule has 0 spiro atoms. The summed E-state index contributed by atoms with van der Waals surface area (Å²) in [6.07, 6.45) is 0.